The van der Waals surface area contributed by atoms with Gasteiger partial charge >= 0.3 is 17.9 Å². The van der Waals surface area contributed by atoms with E-state index in [2.05, 4.69) is 93.7 Å². The standard InChI is InChI=1S/C58H100O6/c1-4-7-10-13-16-18-20-22-24-25-26-27-28-29-30-31-32-33-34-36-37-39-42-45-48-51-57(60)63-54-55(53-62-56(59)50-47-44-41-15-12-9-6-3)64-58(61)52-49-46-43-40-38-35-23-21-19-17-14-11-8-5-2/h7,10,16,18,22,24,26-27,29-30,32-33,55H,4-6,8-9,11-15,17,19-21,23,25,28,31,34-54H2,1-3H3/b10-7-,18-16-,24-22-,27-26-,30-29-,33-32-. The number of carbonyl (C=O) groups is 3. The molecule has 0 aliphatic carbocycles. The van der Waals surface area contributed by atoms with Gasteiger partial charge in [0.25, 0.3) is 0 Å². The Kier molecular flexibility index (Phi) is 49.9. The molecule has 368 valence electrons. The lowest BCUT2D eigenvalue weighted by molar-refractivity contribution is -0.167. The minimum Gasteiger partial charge on any atom is -0.462 e. The smallest absolute Gasteiger partial charge is 0.306 e. The first-order valence-corrected chi connectivity index (χ1v) is 26.9. The van der Waals surface area contributed by atoms with Crippen LogP contribution < -0.4 is 0 Å². The normalized spacial score (nSPS) is 12.6. The largest absolute Gasteiger partial charge is 0.462 e. The predicted molar refractivity (Wildman–Crippen MR) is 274 cm³/mol. The summed E-state index contributed by atoms with van der Waals surface area (Å²) in [6.45, 7) is 6.48. The molecular weight excluding hydrogens is 793 g/mol. The van der Waals surface area contributed by atoms with Crippen LogP contribution in [-0.2, 0) is 28.6 Å². The Balaban J connectivity index is 4.22. The summed E-state index contributed by atoms with van der Waals surface area (Å²) in [6, 6.07) is 0. The van der Waals surface area contributed by atoms with E-state index in [1.165, 1.54) is 116 Å². The van der Waals surface area contributed by atoms with E-state index in [0.29, 0.717) is 19.3 Å². The first-order chi connectivity index (χ1) is 31.5. The Morgan fingerprint density at radius 1 is 0.328 bits per heavy atom. The maximum absolute atomic E-state index is 12.8. The van der Waals surface area contributed by atoms with Gasteiger partial charge in [0.1, 0.15) is 13.2 Å². The number of rotatable bonds is 48. The zero-order valence-electron chi connectivity index (χ0n) is 42.0. The lowest BCUT2D eigenvalue weighted by atomic mass is 10.0. The van der Waals surface area contributed by atoms with E-state index >= 15 is 0 Å². The number of carbonyl (C=O) groups excluding carboxylic acids is 3. The number of allylic oxidation sites excluding steroid dienone is 12. The third kappa shape index (κ3) is 49.9. The third-order valence-electron chi connectivity index (χ3n) is 11.5. The van der Waals surface area contributed by atoms with Crippen molar-refractivity contribution in [1.82, 2.24) is 0 Å². The maximum Gasteiger partial charge on any atom is 0.306 e. The molecule has 0 aromatic carbocycles. The van der Waals surface area contributed by atoms with Crippen LogP contribution in [0.1, 0.15) is 258 Å². The summed E-state index contributed by atoms with van der Waals surface area (Å²) < 4.78 is 16.7. The summed E-state index contributed by atoms with van der Waals surface area (Å²) in [7, 11) is 0. The van der Waals surface area contributed by atoms with E-state index in [9.17, 15) is 14.4 Å². The fraction of sp³-hybridized carbons (Fsp3) is 0.741. The first-order valence-electron chi connectivity index (χ1n) is 26.9. The van der Waals surface area contributed by atoms with Gasteiger partial charge in [-0.3, -0.25) is 14.4 Å². The lowest BCUT2D eigenvalue weighted by Gasteiger charge is -2.18. The molecule has 1 atom stereocenters. The van der Waals surface area contributed by atoms with Crippen molar-refractivity contribution < 1.29 is 28.6 Å². The van der Waals surface area contributed by atoms with Crippen molar-refractivity contribution >= 4 is 17.9 Å². The van der Waals surface area contributed by atoms with Gasteiger partial charge in [-0.1, -0.05) is 241 Å². The average Bonchev–Trinajstić information content (AvgIpc) is 3.29. The van der Waals surface area contributed by atoms with E-state index < -0.39 is 6.10 Å². The molecule has 0 saturated heterocycles. The molecule has 64 heavy (non-hydrogen) atoms. The molecule has 6 nitrogen and oxygen atoms in total. The van der Waals surface area contributed by atoms with Gasteiger partial charge in [0.05, 0.1) is 0 Å². The highest BCUT2D eigenvalue weighted by Gasteiger charge is 2.19. The Bertz CT molecular complexity index is 1210. The van der Waals surface area contributed by atoms with E-state index in [4.69, 9.17) is 14.2 Å². The molecule has 0 aromatic rings. The Morgan fingerprint density at radius 3 is 0.953 bits per heavy atom. The van der Waals surface area contributed by atoms with Crippen LogP contribution in [0.2, 0.25) is 0 Å². The molecule has 0 heterocycles. The minimum atomic E-state index is -0.776. The molecule has 0 amide bonds. The Labute approximate surface area is 395 Å². The fourth-order valence-corrected chi connectivity index (χ4v) is 7.45. The van der Waals surface area contributed by atoms with Crippen LogP contribution in [0.3, 0.4) is 0 Å². The second kappa shape index (κ2) is 52.5. The van der Waals surface area contributed by atoms with Gasteiger partial charge < -0.3 is 14.2 Å². The van der Waals surface area contributed by atoms with Gasteiger partial charge in [-0.25, -0.2) is 0 Å². The average molecular weight is 893 g/mol. The molecule has 0 bridgehead atoms. The number of ether oxygens (including phenoxy) is 3. The summed E-state index contributed by atoms with van der Waals surface area (Å²) in [5.74, 6) is -0.894. The van der Waals surface area contributed by atoms with Crippen LogP contribution in [0, 0.1) is 0 Å². The van der Waals surface area contributed by atoms with Gasteiger partial charge in [-0.05, 0) is 70.6 Å². The van der Waals surface area contributed by atoms with E-state index in [1.807, 2.05) is 0 Å². The number of hydrogen-bond donors (Lipinski definition) is 0. The SMILES string of the molecule is CC/C=C\C/C=C\C/C=C\C/C=C\C/C=C\C/C=C\CCCCCCCCC(=O)OCC(COC(=O)CCCCCCCCC)OC(=O)CCCCCCCCCCCCCCCC. The van der Waals surface area contributed by atoms with Crippen LogP contribution >= 0.6 is 0 Å². The maximum atomic E-state index is 12.8. The van der Waals surface area contributed by atoms with Gasteiger partial charge in [0, 0.05) is 19.3 Å². The summed E-state index contributed by atoms with van der Waals surface area (Å²) >= 11 is 0. The van der Waals surface area contributed by atoms with Gasteiger partial charge in [0.2, 0.25) is 0 Å². The van der Waals surface area contributed by atoms with Crippen LogP contribution in [0.25, 0.3) is 0 Å². The first kappa shape index (κ1) is 60.9. The third-order valence-corrected chi connectivity index (χ3v) is 11.5. The van der Waals surface area contributed by atoms with E-state index in [-0.39, 0.29) is 31.1 Å². The molecule has 0 rings (SSSR count). The van der Waals surface area contributed by atoms with Crippen LogP contribution in [0.15, 0.2) is 72.9 Å². The molecule has 0 aromatic heterocycles. The summed E-state index contributed by atoms with van der Waals surface area (Å²) in [6.07, 6.45) is 66.2. The van der Waals surface area contributed by atoms with Crippen molar-refractivity contribution in [3.8, 4) is 0 Å². The van der Waals surface area contributed by atoms with Crippen molar-refractivity contribution in [2.24, 2.45) is 0 Å². The van der Waals surface area contributed by atoms with E-state index in [1.54, 1.807) is 0 Å². The highest BCUT2D eigenvalue weighted by molar-refractivity contribution is 5.71. The molecular formula is C58H100O6. The molecule has 0 spiro atoms. The molecule has 0 aliphatic heterocycles. The zero-order chi connectivity index (χ0) is 46.5. The van der Waals surface area contributed by atoms with Crippen LogP contribution in [-0.4, -0.2) is 37.2 Å². The van der Waals surface area contributed by atoms with Gasteiger partial charge in [-0.15, -0.1) is 0 Å². The molecule has 0 saturated carbocycles. The predicted octanol–water partition coefficient (Wildman–Crippen LogP) is 17.8. The Hall–Kier alpha value is -3.15. The van der Waals surface area contributed by atoms with Crippen LogP contribution in [0.4, 0.5) is 0 Å². The number of esters is 3. The van der Waals surface area contributed by atoms with Crippen molar-refractivity contribution in [2.75, 3.05) is 13.2 Å². The topological polar surface area (TPSA) is 78.9 Å². The van der Waals surface area contributed by atoms with Gasteiger partial charge in [-0.2, -0.15) is 0 Å². The Morgan fingerprint density at radius 2 is 0.609 bits per heavy atom. The fourth-order valence-electron chi connectivity index (χ4n) is 7.45. The molecule has 6 heteroatoms. The molecule has 0 radical (unpaired) electrons. The minimum absolute atomic E-state index is 0.0777. The number of unbranched alkanes of at least 4 members (excludes halogenated alkanes) is 25. The van der Waals surface area contributed by atoms with Crippen molar-refractivity contribution in [3.05, 3.63) is 72.9 Å². The summed E-state index contributed by atoms with van der Waals surface area (Å²) in [5.41, 5.74) is 0. The zero-order valence-corrected chi connectivity index (χ0v) is 42.0. The second-order valence-electron chi connectivity index (χ2n) is 17.8. The van der Waals surface area contributed by atoms with Crippen molar-refractivity contribution in [2.45, 2.75) is 264 Å². The monoisotopic (exact) mass is 893 g/mol. The second-order valence-corrected chi connectivity index (χ2v) is 17.8. The van der Waals surface area contributed by atoms with Crippen molar-refractivity contribution in [1.29, 1.82) is 0 Å². The molecule has 0 fully saturated rings. The quantitative estimate of drug-likeness (QED) is 0.0262. The molecule has 0 N–H and O–H groups in total. The lowest BCUT2D eigenvalue weighted by Crippen LogP contribution is -2.30. The molecule has 0 aliphatic rings. The van der Waals surface area contributed by atoms with Gasteiger partial charge in [0.15, 0.2) is 6.10 Å². The van der Waals surface area contributed by atoms with Crippen molar-refractivity contribution in [3.63, 3.8) is 0 Å². The highest BCUT2D eigenvalue weighted by Crippen LogP contribution is 2.15. The molecule has 1 unspecified atom stereocenters. The van der Waals surface area contributed by atoms with Crippen LogP contribution in [0.5, 0.6) is 0 Å². The summed E-state index contributed by atoms with van der Waals surface area (Å²) in [4.78, 5) is 37.8. The van der Waals surface area contributed by atoms with E-state index in [0.717, 1.165) is 103 Å². The highest BCUT2D eigenvalue weighted by atomic mass is 16.6. The summed E-state index contributed by atoms with van der Waals surface area (Å²) in [5, 5.41) is 0. The number of hydrogen-bond acceptors (Lipinski definition) is 6.